The molecule has 16 heavy (non-hydrogen) atoms. The summed E-state index contributed by atoms with van der Waals surface area (Å²) >= 11 is 3.49. The minimum Gasteiger partial charge on any atom is -0.504 e. The van der Waals surface area contributed by atoms with Crippen LogP contribution in [0.25, 0.3) is 0 Å². The Balaban J connectivity index is 3.20. The van der Waals surface area contributed by atoms with E-state index in [-0.39, 0.29) is 12.4 Å². The second-order valence-corrected chi connectivity index (χ2v) is 4.35. The number of aliphatic hydroxyl groups is 1. The third-order valence-electron chi connectivity index (χ3n) is 2.56. The molecule has 0 radical (unpaired) electrons. The Morgan fingerprint density at radius 2 is 2.12 bits per heavy atom. The Bertz CT molecular complexity index is 336. The molecule has 1 aromatic carbocycles. The van der Waals surface area contributed by atoms with Crippen molar-refractivity contribution in [3.63, 3.8) is 0 Å². The molecule has 0 aliphatic carbocycles. The van der Waals surface area contributed by atoms with Gasteiger partial charge in [-0.3, -0.25) is 0 Å². The van der Waals surface area contributed by atoms with E-state index in [2.05, 4.69) is 15.9 Å². The fraction of sp³-hybridized carbons (Fsp3) is 0.500. The van der Waals surface area contributed by atoms with Crippen molar-refractivity contribution in [3.8, 4) is 11.5 Å². The van der Waals surface area contributed by atoms with Gasteiger partial charge in [-0.2, -0.15) is 0 Å². The second kappa shape index (κ2) is 6.11. The number of rotatable bonds is 5. The standard InChI is InChI=1S/C12H17BrO3/c1-3-8-7-10(16-2)12(15)9(11(8)13)5-4-6-14/h7,14-15H,3-6H2,1-2H3. The Morgan fingerprint density at radius 3 is 2.62 bits per heavy atom. The lowest BCUT2D eigenvalue weighted by molar-refractivity contribution is 0.287. The lowest BCUT2D eigenvalue weighted by atomic mass is 10.0. The van der Waals surface area contributed by atoms with Crippen LogP contribution in [0.2, 0.25) is 0 Å². The molecule has 0 spiro atoms. The van der Waals surface area contributed by atoms with Gasteiger partial charge in [0, 0.05) is 16.6 Å². The van der Waals surface area contributed by atoms with Crippen LogP contribution < -0.4 is 4.74 Å². The van der Waals surface area contributed by atoms with Gasteiger partial charge in [0.05, 0.1) is 7.11 Å². The molecule has 0 aliphatic heterocycles. The van der Waals surface area contributed by atoms with Crippen LogP contribution in [0.1, 0.15) is 24.5 Å². The van der Waals surface area contributed by atoms with Crippen LogP contribution in [0.4, 0.5) is 0 Å². The number of benzene rings is 1. The summed E-state index contributed by atoms with van der Waals surface area (Å²) in [6, 6.07) is 1.84. The van der Waals surface area contributed by atoms with Crippen molar-refractivity contribution in [3.05, 3.63) is 21.7 Å². The summed E-state index contributed by atoms with van der Waals surface area (Å²) in [7, 11) is 1.54. The lowest BCUT2D eigenvalue weighted by Gasteiger charge is -2.14. The third kappa shape index (κ3) is 2.68. The number of aliphatic hydroxyl groups excluding tert-OH is 1. The zero-order valence-electron chi connectivity index (χ0n) is 9.59. The van der Waals surface area contributed by atoms with Crippen molar-refractivity contribution in [2.45, 2.75) is 26.2 Å². The molecule has 0 saturated heterocycles. The maximum Gasteiger partial charge on any atom is 0.162 e. The monoisotopic (exact) mass is 288 g/mol. The molecule has 0 fully saturated rings. The average molecular weight is 289 g/mol. The Hall–Kier alpha value is -0.740. The predicted molar refractivity (Wildman–Crippen MR) is 67.1 cm³/mol. The first-order chi connectivity index (χ1) is 7.65. The highest BCUT2D eigenvalue weighted by molar-refractivity contribution is 9.10. The number of phenolic OH excluding ortho intramolecular Hbond substituents is 1. The van der Waals surface area contributed by atoms with Gasteiger partial charge in [-0.25, -0.2) is 0 Å². The van der Waals surface area contributed by atoms with E-state index >= 15 is 0 Å². The number of hydrogen-bond donors (Lipinski definition) is 2. The number of aryl methyl sites for hydroxylation is 1. The maximum atomic E-state index is 9.98. The molecule has 1 aromatic rings. The number of hydrogen-bond acceptors (Lipinski definition) is 3. The number of aromatic hydroxyl groups is 1. The molecular formula is C12H17BrO3. The summed E-state index contributed by atoms with van der Waals surface area (Å²) < 4.78 is 6.05. The van der Waals surface area contributed by atoms with Gasteiger partial charge in [-0.1, -0.05) is 22.9 Å². The molecule has 0 amide bonds. The number of phenols is 1. The van der Waals surface area contributed by atoms with E-state index in [1.807, 2.05) is 13.0 Å². The van der Waals surface area contributed by atoms with Crippen molar-refractivity contribution in [1.82, 2.24) is 0 Å². The lowest BCUT2D eigenvalue weighted by Crippen LogP contribution is -1.98. The number of methoxy groups -OCH3 is 1. The number of halogens is 1. The van der Waals surface area contributed by atoms with Crippen molar-refractivity contribution < 1.29 is 14.9 Å². The second-order valence-electron chi connectivity index (χ2n) is 3.56. The third-order valence-corrected chi connectivity index (χ3v) is 3.55. The molecule has 0 bridgehead atoms. The summed E-state index contributed by atoms with van der Waals surface area (Å²) in [5, 5.41) is 18.8. The Labute approximate surface area is 104 Å². The van der Waals surface area contributed by atoms with Gasteiger partial charge in [0.25, 0.3) is 0 Å². The molecule has 4 heteroatoms. The van der Waals surface area contributed by atoms with E-state index < -0.39 is 0 Å². The Kier molecular flexibility index (Phi) is 5.09. The largest absolute Gasteiger partial charge is 0.504 e. The van der Waals surface area contributed by atoms with Crippen molar-refractivity contribution >= 4 is 15.9 Å². The number of ether oxygens (including phenoxy) is 1. The highest BCUT2D eigenvalue weighted by Gasteiger charge is 2.15. The highest BCUT2D eigenvalue weighted by atomic mass is 79.9. The summed E-state index contributed by atoms with van der Waals surface area (Å²) in [5.74, 6) is 0.660. The average Bonchev–Trinajstić information content (AvgIpc) is 2.29. The minimum atomic E-state index is 0.116. The van der Waals surface area contributed by atoms with Crippen LogP contribution in [0.5, 0.6) is 11.5 Å². The minimum absolute atomic E-state index is 0.116. The summed E-state index contributed by atoms with van der Waals surface area (Å²) in [4.78, 5) is 0. The molecule has 0 heterocycles. The molecule has 0 aliphatic rings. The van der Waals surface area contributed by atoms with Crippen molar-refractivity contribution in [1.29, 1.82) is 0 Å². The highest BCUT2D eigenvalue weighted by Crippen LogP contribution is 2.38. The van der Waals surface area contributed by atoms with Gasteiger partial charge in [-0.05, 0) is 30.9 Å². The van der Waals surface area contributed by atoms with E-state index in [1.54, 1.807) is 0 Å². The first-order valence-corrected chi connectivity index (χ1v) is 6.13. The van der Waals surface area contributed by atoms with Gasteiger partial charge in [-0.15, -0.1) is 0 Å². The molecule has 2 N–H and O–H groups in total. The zero-order valence-corrected chi connectivity index (χ0v) is 11.2. The van der Waals surface area contributed by atoms with Gasteiger partial charge in [0.2, 0.25) is 0 Å². The molecule has 0 saturated carbocycles. The molecule has 0 unspecified atom stereocenters. The maximum absolute atomic E-state index is 9.98. The molecule has 0 atom stereocenters. The predicted octanol–water partition coefficient (Wildman–Crippen LogP) is 2.65. The first kappa shape index (κ1) is 13.3. The quantitative estimate of drug-likeness (QED) is 0.876. The van der Waals surface area contributed by atoms with E-state index in [0.29, 0.717) is 18.6 Å². The SMILES string of the molecule is CCc1cc(OC)c(O)c(CCCO)c1Br. The van der Waals surface area contributed by atoms with Gasteiger partial charge in [0.1, 0.15) is 0 Å². The van der Waals surface area contributed by atoms with Crippen molar-refractivity contribution in [2.75, 3.05) is 13.7 Å². The topological polar surface area (TPSA) is 49.7 Å². The van der Waals surface area contributed by atoms with Crippen LogP contribution >= 0.6 is 15.9 Å². The van der Waals surface area contributed by atoms with E-state index in [9.17, 15) is 5.11 Å². The van der Waals surface area contributed by atoms with Gasteiger partial charge >= 0.3 is 0 Å². The Morgan fingerprint density at radius 1 is 1.44 bits per heavy atom. The summed E-state index contributed by atoms with van der Waals surface area (Å²) in [5.41, 5.74) is 1.91. The van der Waals surface area contributed by atoms with E-state index in [1.165, 1.54) is 7.11 Å². The van der Waals surface area contributed by atoms with Gasteiger partial charge in [0.15, 0.2) is 11.5 Å². The molecule has 1 rings (SSSR count). The normalized spacial score (nSPS) is 10.5. The van der Waals surface area contributed by atoms with Crippen molar-refractivity contribution in [2.24, 2.45) is 0 Å². The van der Waals surface area contributed by atoms with Crippen LogP contribution in [-0.2, 0) is 12.8 Å². The zero-order chi connectivity index (χ0) is 12.1. The van der Waals surface area contributed by atoms with E-state index in [4.69, 9.17) is 9.84 Å². The van der Waals surface area contributed by atoms with E-state index in [0.717, 1.165) is 22.0 Å². The van der Waals surface area contributed by atoms with Crippen LogP contribution in [-0.4, -0.2) is 23.9 Å². The summed E-state index contributed by atoms with van der Waals surface area (Å²) in [6.07, 6.45) is 2.12. The fourth-order valence-electron chi connectivity index (χ4n) is 1.63. The molecular weight excluding hydrogens is 272 g/mol. The molecule has 3 nitrogen and oxygen atoms in total. The molecule has 90 valence electrons. The molecule has 0 aromatic heterocycles. The van der Waals surface area contributed by atoms with Crippen LogP contribution in [0, 0.1) is 0 Å². The first-order valence-electron chi connectivity index (χ1n) is 5.33. The van der Waals surface area contributed by atoms with Crippen LogP contribution in [0.15, 0.2) is 10.5 Å². The van der Waals surface area contributed by atoms with Crippen LogP contribution in [0.3, 0.4) is 0 Å². The van der Waals surface area contributed by atoms with Gasteiger partial charge < -0.3 is 14.9 Å². The summed E-state index contributed by atoms with van der Waals surface area (Å²) in [6.45, 7) is 2.16. The fourth-order valence-corrected chi connectivity index (χ4v) is 2.41. The smallest absolute Gasteiger partial charge is 0.162 e.